The number of nitrogens with zero attached hydrogens (tertiary/aromatic N) is 1. The molecule has 0 radical (unpaired) electrons. The molecule has 4 amide bonds. The molecule has 16 nitrogen and oxygen atoms in total. The number of hydrogen-bond donors (Lipinski definition) is 10. The topological polar surface area (TPSA) is 304 Å². The van der Waals surface area contributed by atoms with Gasteiger partial charge in [0.1, 0.15) is 23.9 Å². The van der Waals surface area contributed by atoms with Crippen LogP contribution in [0.4, 0.5) is 0 Å². The van der Waals surface area contributed by atoms with Gasteiger partial charge < -0.3 is 54.8 Å². The Hall–Kier alpha value is -4.44. The van der Waals surface area contributed by atoms with Crippen molar-refractivity contribution in [2.24, 2.45) is 33.7 Å². The molecule has 0 saturated heterocycles. The number of primary amides is 1. The zero-order chi connectivity index (χ0) is 31.7. The van der Waals surface area contributed by atoms with Crippen molar-refractivity contribution in [3.05, 3.63) is 29.8 Å². The van der Waals surface area contributed by atoms with Gasteiger partial charge in [0.15, 0.2) is 5.96 Å². The van der Waals surface area contributed by atoms with E-state index in [1.165, 1.54) is 12.1 Å². The summed E-state index contributed by atoms with van der Waals surface area (Å²) in [6.07, 6.45) is 1.08. The highest BCUT2D eigenvalue weighted by Gasteiger charge is 2.30. The Morgan fingerprint density at radius 2 is 1.33 bits per heavy atom. The summed E-state index contributed by atoms with van der Waals surface area (Å²) >= 11 is 0. The summed E-state index contributed by atoms with van der Waals surface area (Å²) in [6.45, 7) is 0.495. The van der Waals surface area contributed by atoms with Crippen molar-refractivity contribution in [1.82, 2.24) is 16.0 Å². The molecule has 4 unspecified atom stereocenters. The maximum atomic E-state index is 13.3. The van der Waals surface area contributed by atoms with Gasteiger partial charge in [0, 0.05) is 13.0 Å². The van der Waals surface area contributed by atoms with Gasteiger partial charge in [-0.25, -0.2) is 4.79 Å². The van der Waals surface area contributed by atoms with E-state index in [1.807, 2.05) is 0 Å². The van der Waals surface area contributed by atoms with Crippen molar-refractivity contribution in [1.29, 1.82) is 0 Å². The van der Waals surface area contributed by atoms with Crippen LogP contribution in [0.25, 0.3) is 0 Å². The highest BCUT2D eigenvalue weighted by molar-refractivity contribution is 5.94. The van der Waals surface area contributed by atoms with Crippen molar-refractivity contribution in [3.8, 4) is 5.75 Å². The number of amides is 4. The molecule has 0 fully saturated rings. The van der Waals surface area contributed by atoms with Gasteiger partial charge in [0.2, 0.25) is 23.6 Å². The van der Waals surface area contributed by atoms with Crippen LogP contribution in [0.15, 0.2) is 29.3 Å². The molecule has 15 N–H and O–H groups in total. The molecular formula is C26H43N9O7. The molecule has 1 aromatic rings. The van der Waals surface area contributed by atoms with Gasteiger partial charge in [-0.15, -0.1) is 0 Å². The fourth-order valence-corrected chi connectivity index (χ4v) is 3.88. The van der Waals surface area contributed by atoms with Gasteiger partial charge in [0.05, 0.1) is 6.04 Å². The molecule has 0 aliphatic carbocycles. The van der Waals surface area contributed by atoms with Crippen LogP contribution in [0.5, 0.6) is 5.75 Å². The second kappa shape index (κ2) is 18.8. The minimum absolute atomic E-state index is 0.00890. The first kappa shape index (κ1) is 35.6. The normalized spacial score (nSPS) is 13.6. The van der Waals surface area contributed by atoms with E-state index in [9.17, 15) is 34.2 Å². The molecule has 1 rings (SSSR count). The molecule has 4 atom stereocenters. The number of carboxylic acids is 1. The molecule has 0 spiro atoms. The number of aliphatic imine (C=N–C) groups is 1. The first-order valence-corrected chi connectivity index (χ1v) is 13.5. The molecule has 42 heavy (non-hydrogen) atoms. The SMILES string of the molecule is NCCCCC(NC(=O)C(N)Cc1ccc(O)cc1)C(=O)NC(CCC(N)=O)C(=O)NC(CCCN=C(N)N)C(=O)O. The van der Waals surface area contributed by atoms with Crippen molar-refractivity contribution < 1.29 is 34.2 Å². The molecule has 0 aliphatic rings. The van der Waals surface area contributed by atoms with E-state index in [0.717, 1.165) is 0 Å². The summed E-state index contributed by atoms with van der Waals surface area (Å²) in [5.74, 6) is -4.36. The standard InChI is InChI=1S/C26H43N9O7/c27-12-2-1-4-18(33-22(38)17(28)14-15-6-8-16(36)9-7-15)23(39)34-19(10-11-21(29)37)24(40)35-20(25(41)42)5-3-13-32-26(30)31/h6-9,17-20,36H,1-5,10-14,27-28H2,(H2,29,37)(H,33,38)(H,34,39)(H,35,40)(H,41,42)(H4,30,31,32). The van der Waals surface area contributed by atoms with E-state index < -0.39 is 53.8 Å². The highest BCUT2D eigenvalue weighted by atomic mass is 16.4. The molecule has 1 aromatic carbocycles. The number of benzene rings is 1. The van der Waals surface area contributed by atoms with Crippen LogP contribution >= 0.6 is 0 Å². The van der Waals surface area contributed by atoms with E-state index in [0.29, 0.717) is 24.9 Å². The van der Waals surface area contributed by atoms with Crippen LogP contribution < -0.4 is 44.6 Å². The van der Waals surface area contributed by atoms with Crippen molar-refractivity contribution in [2.45, 2.75) is 75.5 Å². The molecule has 234 valence electrons. The van der Waals surface area contributed by atoms with Gasteiger partial charge >= 0.3 is 5.97 Å². The number of carbonyl (C=O) groups is 5. The quantitative estimate of drug-likeness (QED) is 0.0419. The Morgan fingerprint density at radius 3 is 1.88 bits per heavy atom. The lowest BCUT2D eigenvalue weighted by atomic mass is 10.0. The summed E-state index contributed by atoms with van der Waals surface area (Å²) in [5.41, 5.74) is 28.1. The number of carboxylic acid groups (broad SMARTS) is 1. The second-order valence-corrected chi connectivity index (χ2v) is 9.74. The fraction of sp³-hybridized carbons (Fsp3) is 0.538. The van der Waals surface area contributed by atoms with Crippen LogP contribution in [-0.4, -0.2) is 83.0 Å². The first-order chi connectivity index (χ1) is 19.8. The van der Waals surface area contributed by atoms with E-state index in [1.54, 1.807) is 12.1 Å². The van der Waals surface area contributed by atoms with Gasteiger partial charge in [-0.3, -0.25) is 24.2 Å². The number of guanidine groups is 1. The zero-order valence-corrected chi connectivity index (χ0v) is 23.5. The lowest BCUT2D eigenvalue weighted by molar-refractivity contribution is -0.142. The van der Waals surface area contributed by atoms with E-state index in [4.69, 9.17) is 28.7 Å². The number of nitrogens with two attached hydrogens (primary N) is 5. The number of nitrogens with one attached hydrogen (secondary N) is 3. The van der Waals surface area contributed by atoms with Gasteiger partial charge in [-0.05, 0) is 69.2 Å². The summed E-state index contributed by atoms with van der Waals surface area (Å²) < 4.78 is 0. The molecule has 0 saturated carbocycles. The Morgan fingerprint density at radius 1 is 0.786 bits per heavy atom. The van der Waals surface area contributed by atoms with Crippen LogP contribution in [0.3, 0.4) is 0 Å². The predicted molar refractivity (Wildman–Crippen MR) is 154 cm³/mol. The summed E-state index contributed by atoms with van der Waals surface area (Å²) in [5, 5.41) is 26.5. The smallest absolute Gasteiger partial charge is 0.326 e. The summed E-state index contributed by atoms with van der Waals surface area (Å²) in [6, 6.07) is 1.36. The van der Waals surface area contributed by atoms with Gasteiger partial charge in [0.25, 0.3) is 0 Å². The summed E-state index contributed by atoms with van der Waals surface area (Å²) in [7, 11) is 0. The Labute approximate surface area is 243 Å². The molecule has 0 aliphatic heterocycles. The number of rotatable bonds is 20. The summed E-state index contributed by atoms with van der Waals surface area (Å²) in [4.78, 5) is 66.1. The number of aliphatic carboxylic acids is 1. The monoisotopic (exact) mass is 593 g/mol. The highest BCUT2D eigenvalue weighted by Crippen LogP contribution is 2.12. The molecule has 0 aromatic heterocycles. The lowest BCUT2D eigenvalue weighted by Crippen LogP contribution is -2.57. The van der Waals surface area contributed by atoms with E-state index in [-0.39, 0.29) is 56.8 Å². The maximum Gasteiger partial charge on any atom is 0.326 e. The minimum atomic E-state index is -1.33. The largest absolute Gasteiger partial charge is 0.508 e. The minimum Gasteiger partial charge on any atom is -0.508 e. The average Bonchev–Trinajstić information content (AvgIpc) is 2.92. The molecule has 0 heterocycles. The van der Waals surface area contributed by atoms with Gasteiger partial charge in [-0.2, -0.15) is 0 Å². The maximum absolute atomic E-state index is 13.3. The number of phenolic OH excluding ortho intramolecular Hbond substituents is 1. The van der Waals surface area contributed by atoms with Crippen molar-refractivity contribution >= 4 is 35.6 Å². The molecular weight excluding hydrogens is 550 g/mol. The predicted octanol–water partition coefficient (Wildman–Crippen LogP) is -2.75. The zero-order valence-electron chi connectivity index (χ0n) is 23.5. The second-order valence-electron chi connectivity index (χ2n) is 9.74. The number of hydrogen-bond acceptors (Lipinski definition) is 9. The van der Waals surface area contributed by atoms with Crippen LogP contribution in [0.2, 0.25) is 0 Å². The third-order valence-electron chi connectivity index (χ3n) is 6.18. The number of phenols is 1. The third kappa shape index (κ3) is 14.3. The van der Waals surface area contributed by atoms with Crippen LogP contribution in [0.1, 0.15) is 50.5 Å². The fourth-order valence-electron chi connectivity index (χ4n) is 3.88. The first-order valence-electron chi connectivity index (χ1n) is 13.5. The Bertz CT molecular complexity index is 1080. The molecule has 0 bridgehead atoms. The Balaban J connectivity index is 2.99. The van der Waals surface area contributed by atoms with E-state index in [2.05, 4.69) is 20.9 Å². The lowest BCUT2D eigenvalue weighted by Gasteiger charge is -2.25. The van der Waals surface area contributed by atoms with Crippen molar-refractivity contribution in [3.63, 3.8) is 0 Å². The number of carbonyl (C=O) groups excluding carboxylic acids is 4. The van der Waals surface area contributed by atoms with Crippen LogP contribution in [0, 0.1) is 0 Å². The van der Waals surface area contributed by atoms with Crippen LogP contribution in [-0.2, 0) is 30.4 Å². The van der Waals surface area contributed by atoms with E-state index >= 15 is 0 Å². The molecule has 16 heteroatoms. The third-order valence-corrected chi connectivity index (χ3v) is 6.18. The van der Waals surface area contributed by atoms with Gasteiger partial charge in [-0.1, -0.05) is 12.1 Å². The number of aromatic hydroxyl groups is 1. The average molecular weight is 594 g/mol. The van der Waals surface area contributed by atoms with Crippen molar-refractivity contribution in [2.75, 3.05) is 13.1 Å². The Kier molecular flexibility index (Phi) is 15.9. The number of unbranched alkanes of at least 4 members (excludes halogenated alkanes) is 1.